The van der Waals surface area contributed by atoms with Crippen LogP contribution in [-0.2, 0) is 0 Å². The Morgan fingerprint density at radius 1 is 1.00 bits per heavy atom. The molecular weight excluding hydrogens is 198 g/mol. The van der Waals surface area contributed by atoms with Gasteiger partial charge < -0.3 is 10.3 Å². The lowest BCUT2D eigenvalue weighted by Crippen LogP contribution is -1.90. The van der Waals surface area contributed by atoms with Gasteiger partial charge in [0.15, 0.2) is 0 Å². The Kier molecular flexibility index (Phi) is 2.07. The van der Waals surface area contributed by atoms with Crippen LogP contribution >= 0.6 is 0 Å². The first-order valence-electron chi connectivity index (χ1n) is 5.18. The number of hydrogen-bond acceptors (Lipinski definition) is 2. The van der Waals surface area contributed by atoms with E-state index in [9.17, 15) is 0 Å². The van der Waals surface area contributed by atoms with Crippen LogP contribution in [0.3, 0.4) is 0 Å². The van der Waals surface area contributed by atoms with E-state index in [1.54, 1.807) is 6.20 Å². The molecule has 78 valence electrons. The quantitative estimate of drug-likeness (QED) is 0.679. The Balaban J connectivity index is 2.01. The molecule has 2 heterocycles. The Morgan fingerprint density at radius 2 is 1.88 bits per heavy atom. The van der Waals surface area contributed by atoms with Crippen LogP contribution in [0.1, 0.15) is 0 Å². The highest BCUT2D eigenvalue weighted by Crippen LogP contribution is 2.24. The monoisotopic (exact) mass is 209 g/mol. The van der Waals surface area contributed by atoms with E-state index in [1.165, 1.54) is 5.39 Å². The molecule has 0 atom stereocenters. The first kappa shape index (κ1) is 8.97. The van der Waals surface area contributed by atoms with E-state index < -0.39 is 0 Å². The summed E-state index contributed by atoms with van der Waals surface area (Å²) in [7, 11) is 0. The number of para-hydroxylation sites is 1. The number of anilines is 2. The molecule has 0 saturated carbocycles. The van der Waals surface area contributed by atoms with E-state index in [4.69, 9.17) is 0 Å². The van der Waals surface area contributed by atoms with Crippen molar-refractivity contribution >= 4 is 22.4 Å². The van der Waals surface area contributed by atoms with Crippen molar-refractivity contribution in [3.05, 3.63) is 54.9 Å². The molecule has 0 spiro atoms. The van der Waals surface area contributed by atoms with Gasteiger partial charge in [0.2, 0.25) is 0 Å². The summed E-state index contributed by atoms with van der Waals surface area (Å²) in [5.74, 6) is 0.854. The fourth-order valence-electron chi connectivity index (χ4n) is 1.75. The van der Waals surface area contributed by atoms with Crippen LogP contribution in [0, 0.1) is 0 Å². The highest BCUT2D eigenvalue weighted by molar-refractivity contribution is 5.93. The normalized spacial score (nSPS) is 10.5. The van der Waals surface area contributed by atoms with Gasteiger partial charge in [0.25, 0.3) is 0 Å². The molecule has 16 heavy (non-hydrogen) atoms. The largest absolute Gasteiger partial charge is 0.359 e. The second kappa shape index (κ2) is 3.70. The molecule has 2 aromatic heterocycles. The topological polar surface area (TPSA) is 40.7 Å². The average molecular weight is 209 g/mol. The predicted molar refractivity (Wildman–Crippen MR) is 65.8 cm³/mol. The highest BCUT2D eigenvalue weighted by atomic mass is 15.0. The van der Waals surface area contributed by atoms with Gasteiger partial charge in [-0.25, -0.2) is 4.98 Å². The maximum Gasteiger partial charge on any atom is 0.130 e. The number of aromatic amines is 1. The van der Waals surface area contributed by atoms with E-state index in [1.807, 2.05) is 36.5 Å². The van der Waals surface area contributed by atoms with E-state index in [0.717, 1.165) is 17.0 Å². The molecule has 0 fully saturated rings. The van der Waals surface area contributed by atoms with E-state index in [0.29, 0.717) is 0 Å². The lowest BCUT2D eigenvalue weighted by atomic mass is 10.2. The van der Waals surface area contributed by atoms with Gasteiger partial charge >= 0.3 is 0 Å². The lowest BCUT2D eigenvalue weighted by molar-refractivity contribution is 1.31. The summed E-state index contributed by atoms with van der Waals surface area (Å²) in [6.45, 7) is 0. The molecule has 0 radical (unpaired) electrons. The van der Waals surface area contributed by atoms with Gasteiger partial charge in [0.1, 0.15) is 5.82 Å². The third-order valence-electron chi connectivity index (χ3n) is 2.52. The van der Waals surface area contributed by atoms with Crippen molar-refractivity contribution < 1.29 is 0 Å². The zero-order valence-corrected chi connectivity index (χ0v) is 8.64. The smallest absolute Gasteiger partial charge is 0.130 e. The van der Waals surface area contributed by atoms with Gasteiger partial charge in [0.05, 0.1) is 5.69 Å². The number of aromatic nitrogens is 2. The van der Waals surface area contributed by atoms with Gasteiger partial charge in [-0.3, -0.25) is 0 Å². The van der Waals surface area contributed by atoms with Gasteiger partial charge in [-0.05, 0) is 18.2 Å². The minimum atomic E-state index is 0.854. The Bertz CT molecular complexity index is 599. The van der Waals surface area contributed by atoms with Gasteiger partial charge in [-0.2, -0.15) is 0 Å². The Morgan fingerprint density at radius 3 is 2.75 bits per heavy atom. The summed E-state index contributed by atoms with van der Waals surface area (Å²) in [6.07, 6.45) is 3.73. The molecule has 0 saturated heterocycles. The summed E-state index contributed by atoms with van der Waals surface area (Å²) in [4.78, 5) is 7.45. The molecule has 1 aromatic carbocycles. The molecular formula is C13H11N3. The molecule has 0 aliphatic rings. The van der Waals surface area contributed by atoms with Crippen LogP contribution in [-0.4, -0.2) is 9.97 Å². The molecule has 3 nitrogen and oxygen atoms in total. The van der Waals surface area contributed by atoms with Crippen molar-refractivity contribution in [2.45, 2.75) is 0 Å². The fourth-order valence-corrected chi connectivity index (χ4v) is 1.75. The maximum atomic E-state index is 4.24. The van der Waals surface area contributed by atoms with Gasteiger partial charge in [-0.1, -0.05) is 24.3 Å². The zero-order chi connectivity index (χ0) is 10.8. The summed E-state index contributed by atoms with van der Waals surface area (Å²) in [6, 6.07) is 14.0. The molecule has 3 rings (SSSR count). The number of hydrogen-bond donors (Lipinski definition) is 2. The molecule has 3 heteroatoms. The van der Waals surface area contributed by atoms with E-state index in [-0.39, 0.29) is 0 Å². The zero-order valence-electron chi connectivity index (χ0n) is 8.64. The average Bonchev–Trinajstić information content (AvgIpc) is 2.74. The number of rotatable bonds is 2. The van der Waals surface area contributed by atoms with E-state index in [2.05, 4.69) is 27.4 Å². The summed E-state index contributed by atoms with van der Waals surface area (Å²) in [5.41, 5.74) is 2.18. The SMILES string of the molecule is c1ccc(Nc2c[nH]c3ccccc23)nc1. The number of nitrogens with one attached hydrogen (secondary N) is 2. The standard InChI is InChI=1S/C13H11N3/c1-2-6-11-10(5-1)12(9-15-11)16-13-7-3-4-8-14-13/h1-9,15H,(H,14,16). The van der Waals surface area contributed by atoms with Crippen molar-refractivity contribution in [2.75, 3.05) is 5.32 Å². The summed E-state index contributed by atoms with van der Waals surface area (Å²) < 4.78 is 0. The first-order valence-corrected chi connectivity index (χ1v) is 5.18. The Hall–Kier alpha value is -2.29. The molecule has 2 N–H and O–H groups in total. The van der Waals surface area contributed by atoms with Crippen LogP contribution in [0.15, 0.2) is 54.9 Å². The molecule has 0 amide bonds. The fraction of sp³-hybridized carbons (Fsp3) is 0. The third kappa shape index (κ3) is 1.52. The van der Waals surface area contributed by atoms with Crippen LogP contribution in [0.2, 0.25) is 0 Å². The molecule has 0 aliphatic carbocycles. The molecule has 0 aliphatic heterocycles. The van der Waals surface area contributed by atoms with Crippen molar-refractivity contribution in [3.8, 4) is 0 Å². The minimum absolute atomic E-state index is 0.854. The number of pyridine rings is 1. The van der Waals surface area contributed by atoms with Crippen molar-refractivity contribution in [2.24, 2.45) is 0 Å². The number of benzene rings is 1. The Labute approximate surface area is 93.1 Å². The van der Waals surface area contributed by atoms with Crippen LogP contribution in [0.25, 0.3) is 10.9 Å². The molecule has 0 unspecified atom stereocenters. The van der Waals surface area contributed by atoms with Crippen LogP contribution < -0.4 is 5.32 Å². The summed E-state index contributed by atoms with van der Waals surface area (Å²) in [5, 5.41) is 4.46. The third-order valence-corrected chi connectivity index (χ3v) is 2.52. The van der Waals surface area contributed by atoms with E-state index >= 15 is 0 Å². The lowest BCUT2D eigenvalue weighted by Gasteiger charge is -2.02. The molecule has 3 aromatic rings. The van der Waals surface area contributed by atoms with Crippen LogP contribution in [0.5, 0.6) is 0 Å². The van der Waals surface area contributed by atoms with Crippen LogP contribution in [0.4, 0.5) is 11.5 Å². The predicted octanol–water partition coefficient (Wildman–Crippen LogP) is 3.31. The second-order valence-corrected chi connectivity index (χ2v) is 3.59. The number of nitrogens with zero attached hydrogens (tertiary/aromatic N) is 1. The van der Waals surface area contributed by atoms with Crippen molar-refractivity contribution in [1.29, 1.82) is 0 Å². The minimum Gasteiger partial charge on any atom is -0.359 e. The van der Waals surface area contributed by atoms with Crippen molar-refractivity contribution in [1.82, 2.24) is 9.97 Å². The highest BCUT2D eigenvalue weighted by Gasteiger charge is 2.02. The number of fused-ring (bicyclic) bond motifs is 1. The van der Waals surface area contributed by atoms with Crippen molar-refractivity contribution in [3.63, 3.8) is 0 Å². The molecule has 0 bridgehead atoms. The van der Waals surface area contributed by atoms with Gasteiger partial charge in [0, 0.05) is 23.3 Å². The summed E-state index contributed by atoms with van der Waals surface area (Å²) >= 11 is 0. The maximum absolute atomic E-state index is 4.24. The first-order chi connectivity index (χ1) is 7.93. The van der Waals surface area contributed by atoms with Gasteiger partial charge in [-0.15, -0.1) is 0 Å². The second-order valence-electron chi connectivity index (χ2n) is 3.59. The number of H-pyrrole nitrogens is 1.